The maximum Gasteiger partial charge on any atom is 0.251 e. The van der Waals surface area contributed by atoms with Crippen LogP contribution in [0.3, 0.4) is 0 Å². The summed E-state index contributed by atoms with van der Waals surface area (Å²) in [4.78, 5) is 12.3. The Bertz CT molecular complexity index is 476. The summed E-state index contributed by atoms with van der Waals surface area (Å²) in [6, 6.07) is 6.28. The van der Waals surface area contributed by atoms with Crippen LogP contribution in [0.15, 0.2) is 18.2 Å². The monoisotopic (exact) mass is 288 g/mol. The van der Waals surface area contributed by atoms with Gasteiger partial charge in [-0.2, -0.15) is 0 Å². The number of benzene rings is 1. The molecule has 0 bridgehead atoms. The molecule has 21 heavy (non-hydrogen) atoms. The standard InChI is InChI=1S/C18H28N2O/c1-4-11-19-17-10-7-15(12-14(17)3)18(21)20-16-8-5-13(2)6-9-16/h7,10,12-13,16,19H,4-6,8-9,11H2,1-3H3,(H,20,21). The van der Waals surface area contributed by atoms with Gasteiger partial charge in [0.2, 0.25) is 0 Å². The first-order valence-corrected chi connectivity index (χ1v) is 8.25. The van der Waals surface area contributed by atoms with E-state index in [4.69, 9.17) is 0 Å². The average Bonchev–Trinajstić information content (AvgIpc) is 2.48. The molecule has 0 radical (unpaired) electrons. The van der Waals surface area contributed by atoms with Crippen LogP contribution < -0.4 is 10.6 Å². The predicted molar refractivity (Wildman–Crippen MR) is 88.8 cm³/mol. The molecule has 3 nitrogen and oxygen atoms in total. The fourth-order valence-electron chi connectivity index (χ4n) is 2.94. The Morgan fingerprint density at radius 2 is 1.95 bits per heavy atom. The van der Waals surface area contributed by atoms with Crippen molar-refractivity contribution >= 4 is 11.6 Å². The van der Waals surface area contributed by atoms with Crippen LogP contribution in [-0.4, -0.2) is 18.5 Å². The van der Waals surface area contributed by atoms with Crippen molar-refractivity contribution < 1.29 is 4.79 Å². The third-order valence-electron chi connectivity index (χ3n) is 4.41. The molecular weight excluding hydrogens is 260 g/mol. The summed E-state index contributed by atoms with van der Waals surface area (Å²) >= 11 is 0. The molecule has 1 aliphatic rings. The van der Waals surface area contributed by atoms with Crippen LogP contribution in [0, 0.1) is 12.8 Å². The lowest BCUT2D eigenvalue weighted by molar-refractivity contribution is 0.0923. The zero-order chi connectivity index (χ0) is 15.2. The first-order valence-electron chi connectivity index (χ1n) is 8.25. The van der Waals surface area contributed by atoms with Gasteiger partial charge in [0.05, 0.1) is 0 Å². The summed E-state index contributed by atoms with van der Waals surface area (Å²) in [6.07, 6.45) is 5.78. The minimum absolute atomic E-state index is 0.0692. The molecule has 1 fully saturated rings. The van der Waals surface area contributed by atoms with E-state index in [0.29, 0.717) is 6.04 Å². The number of carbonyl (C=O) groups excluding carboxylic acids is 1. The number of hydrogen-bond donors (Lipinski definition) is 2. The van der Waals surface area contributed by atoms with E-state index in [0.717, 1.165) is 48.5 Å². The SMILES string of the molecule is CCCNc1ccc(C(=O)NC2CCC(C)CC2)cc1C. The topological polar surface area (TPSA) is 41.1 Å². The normalized spacial score (nSPS) is 21.9. The van der Waals surface area contributed by atoms with Crippen LogP contribution in [-0.2, 0) is 0 Å². The van der Waals surface area contributed by atoms with Gasteiger partial charge in [0, 0.05) is 23.8 Å². The Labute approximate surface area is 128 Å². The molecule has 3 heteroatoms. The summed E-state index contributed by atoms with van der Waals surface area (Å²) in [5.74, 6) is 0.879. The molecule has 2 N–H and O–H groups in total. The molecule has 116 valence electrons. The highest BCUT2D eigenvalue weighted by atomic mass is 16.1. The highest BCUT2D eigenvalue weighted by Gasteiger charge is 2.20. The Balaban J connectivity index is 1.94. The Kier molecular flexibility index (Phi) is 5.66. The molecule has 0 heterocycles. The van der Waals surface area contributed by atoms with E-state index in [1.165, 1.54) is 12.8 Å². The van der Waals surface area contributed by atoms with Crippen LogP contribution in [0.4, 0.5) is 5.69 Å². The van der Waals surface area contributed by atoms with Crippen LogP contribution in [0.5, 0.6) is 0 Å². The largest absolute Gasteiger partial charge is 0.385 e. The number of rotatable bonds is 5. The van der Waals surface area contributed by atoms with Crippen molar-refractivity contribution in [2.75, 3.05) is 11.9 Å². The third-order valence-corrected chi connectivity index (χ3v) is 4.41. The molecule has 0 aromatic heterocycles. The maximum atomic E-state index is 12.3. The van der Waals surface area contributed by atoms with Gasteiger partial charge in [-0.1, -0.05) is 13.8 Å². The Morgan fingerprint density at radius 3 is 2.57 bits per heavy atom. The summed E-state index contributed by atoms with van der Waals surface area (Å²) in [5, 5.41) is 6.57. The van der Waals surface area contributed by atoms with Crippen LogP contribution >= 0.6 is 0 Å². The predicted octanol–water partition coefficient (Wildman–Crippen LogP) is 4.13. The first-order chi connectivity index (χ1) is 10.1. The van der Waals surface area contributed by atoms with Gasteiger partial charge < -0.3 is 10.6 Å². The lowest BCUT2D eigenvalue weighted by atomic mass is 9.87. The molecule has 0 atom stereocenters. The minimum atomic E-state index is 0.0692. The fourth-order valence-corrected chi connectivity index (χ4v) is 2.94. The van der Waals surface area contributed by atoms with Crippen molar-refractivity contribution in [2.24, 2.45) is 5.92 Å². The van der Waals surface area contributed by atoms with Crippen molar-refractivity contribution in [1.29, 1.82) is 0 Å². The smallest absolute Gasteiger partial charge is 0.251 e. The number of hydrogen-bond acceptors (Lipinski definition) is 2. The first kappa shape index (κ1) is 15.9. The number of aryl methyl sites for hydroxylation is 1. The molecule has 1 amide bonds. The van der Waals surface area contributed by atoms with Gasteiger partial charge in [0.1, 0.15) is 0 Å². The van der Waals surface area contributed by atoms with E-state index in [-0.39, 0.29) is 5.91 Å². The van der Waals surface area contributed by atoms with Gasteiger partial charge in [0.25, 0.3) is 5.91 Å². The zero-order valence-electron chi connectivity index (χ0n) is 13.5. The van der Waals surface area contributed by atoms with E-state index in [1.807, 2.05) is 18.2 Å². The lowest BCUT2D eigenvalue weighted by Gasteiger charge is -2.27. The van der Waals surface area contributed by atoms with Gasteiger partial charge in [-0.25, -0.2) is 0 Å². The number of amides is 1. The Morgan fingerprint density at radius 1 is 1.24 bits per heavy atom. The number of nitrogens with one attached hydrogen (secondary N) is 2. The van der Waals surface area contributed by atoms with Crippen molar-refractivity contribution in [3.63, 3.8) is 0 Å². The molecule has 1 aliphatic carbocycles. The molecular formula is C18H28N2O. The summed E-state index contributed by atoms with van der Waals surface area (Å²) in [6.45, 7) is 7.46. The van der Waals surface area contributed by atoms with E-state index in [1.54, 1.807) is 0 Å². The van der Waals surface area contributed by atoms with E-state index >= 15 is 0 Å². The van der Waals surface area contributed by atoms with Crippen LogP contribution in [0.1, 0.15) is 61.9 Å². The molecule has 2 rings (SSSR count). The van der Waals surface area contributed by atoms with Crippen molar-refractivity contribution in [1.82, 2.24) is 5.32 Å². The number of anilines is 1. The molecule has 0 aliphatic heterocycles. The fraction of sp³-hybridized carbons (Fsp3) is 0.611. The van der Waals surface area contributed by atoms with Crippen molar-refractivity contribution in [3.8, 4) is 0 Å². The summed E-state index contributed by atoms with van der Waals surface area (Å²) in [7, 11) is 0. The quantitative estimate of drug-likeness (QED) is 0.855. The lowest BCUT2D eigenvalue weighted by Crippen LogP contribution is -2.37. The molecule has 0 spiro atoms. The molecule has 0 saturated heterocycles. The average molecular weight is 288 g/mol. The second-order valence-electron chi connectivity index (χ2n) is 6.39. The third kappa shape index (κ3) is 4.48. The van der Waals surface area contributed by atoms with Gasteiger partial charge in [-0.3, -0.25) is 4.79 Å². The van der Waals surface area contributed by atoms with E-state index < -0.39 is 0 Å². The Hall–Kier alpha value is -1.51. The van der Waals surface area contributed by atoms with Crippen LogP contribution in [0.25, 0.3) is 0 Å². The second kappa shape index (κ2) is 7.48. The van der Waals surface area contributed by atoms with E-state index in [2.05, 4.69) is 31.4 Å². The summed E-state index contributed by atoms with van der Waals surface area (Å²) < 4.78 is 0. The second-order valence-corrected chi connectivity index (χ2v) is 6.39. The number of carbonyl (C=O) groups is 1. The van der Waals surface area contributed by atoms with Gasteiger partial charge >= 0.3 is 0 Å². The van der Waals surface area contributed by atoms with Gasteiger partial charge in [-0.15, -0.1) is 0 Å². The molecule has 1 saturated carbocycles. The molecule has 1 aromatic rings. The molecule has 1 aromatic carbocycles. The highest BCUT2D eigenvalue weighted by molar-refractivity contribution is 5.95. The van der Waals surface area contributed by atoms with Crippen molar-refractivity contribution in [3.05, 3.63) is 29.3 Å². The maximum absolute atomic E-state index is 12.3. The van der Waals surface area contributed by atoms with Crippen LogP contribution in [0.2, 0.25) is 0 Å². The summed E-state index contributed by atoms with van der Waals surface area (Å²) in [5.41, 5.74) is 3.03. The molecule has 0 unspecified atom stereocenters. The van der Waals surface area contributed by atoms with Crippen molar-refractivity contribution in [2.45, 2.75) is 58.9 Å². The van der Waals surface area contributed by atoms with E-state index in [9.17, 15) is 4.79 Å². The zero-order valence-corrected chi connectivity index (χ0v) is 13.5. The highest BCUT2D eigenvalue weighted by Crippen LogP contribution is 2.24. The van der Waals surface area contributed by atoms with Gasteiger partial charge in [0.15, 0.2) is 0 Å². The van der Waals surface area contributed by atoms with Gasteiger partial charge in [-0.05, 0) is 68.7 Å². The minimum Gasteiger partial charge on any atom is -0.385 e.